The van der Waals surface area contributed by atoms with Gasteiger partial charge in [0.25, 0.3) is 0 Å². The Kier molecular flexibility index (Phi) is 25.0. The van der Waals surface area contributed by atoms with Gasteiger partial charge in [-0.05, 0) is 226 Å². The first-order chi connectivity index (χ1) is 74.0. The molecule has 0 bridgehead atoms. The Morgan fingerprint density at radius 3 is 0.800 bits per heavy atom. The molecule has 0 amide bonds. The molecule has 0 unspecified atom stereocenters. The minimum Gasteiger partial charge on any atom is -0.0622 e. The third kappa shape index (κ3) is 29.1. The van der Waals surface area contributed by atoms with Gasteiger partial charge in [0.05, 0.1) is 31.5 Å². The van der Waals surface area contributed by atoms with Gasteiger partial charge in [0.1, 0.15) is 0 Å². The monoisotopic (exact) mass is 1790 g/mol. The van der Waals surface area contributed by atoms with E-state index < -0.39 is 47.6 Å². The van der Waals surface area contributed by atoms with Gasteiger partial charge >= 0.3 is 0 Å². The molecule has 0 N–H and O–H groups in total. The minimum absolute atomic E-state index is 0.0280. The van der Waals surface area contributed by atoms with Gasteiger partial charge in [-0.25, -0.2) is 0 Å². The van der Waals surface area contributed by atoms with E-state index in [4.69, 9.17) is 32.9 Å². The number of hydrogen-bond acceptors (Lipinski definition) is 0. The van der Waals surface area contributed by atoms with Crippen LogP contribution in [0.2, 0.25) is 0 Å². The maximum Gasteiger partial charge on any atom is 0.0632 e. The first-order valence-corrected chi connectivity index (χ1v) is 46.5. The van der Waals surface area contributed by atoms with E-state index in [0.29, 0.717) is 33.4 Å². The average molecular weight is 1790 g/mol. The Hall–Kier alpha value is -13.3. The molecule has 0 heteroatoms. The van der Waals surface area contributed by atoms with Crippen LogP contribution < -0.4 is 0 Å². The second-order valence-corrected chi connectivity index (χ2v) is 41.3. The fourth-order valence-electron chi connectivity index (χ4n) is 16.0. The molecule has 135 heavy (non-hydrogen) atoms. The van der Waals surface area contributed by atoms with E-state index >= 15 is 0 Å². The molecule has 0 fully saturated rings. The van der Waals surface area contributed by atoms with Crippen LogP contribution in [-0.4, -0.2) is 0 Å². The van der Waals surface area contributed by atoms with Gasteiger partial charge in [-0.1, -0.05) is 594 Å². The largest absolute Gasteiger partial charge is 0.0632 e. The van der Waals surface area contributed by atoms with Gasteiger partial charge < -0.3 is 0 Å². The van der Waals surface area contributed by atoms with E-state index in [0.717, 1.165) is 16.7 Å². The second-order valence-electron chi connectivity index (χ2n) is 41.3. The molecular formula is C135H148. The lowest BCUT2D eigenvalue weighted by Gasteiger charge is -2.27. The van der Waals surface area contributed by atoms with Crippen molar-refractivity contribution < 1.29 is 32.9 Å². The molecule has 688 valence electrons. The zero-order valence-electron chi connectivity index (χ0n) is 108. The summed E-state index contributed by atoms with van der Waals surface area (Å²) >= 11 is 0. The first kappa shape index (κ1) is 73.2. The Morgan fingerprint density at radius 2 is 0.459 bits per heavy atom. The summed E-state index contributed by atoms with van der Waals surface area (Å²) in [7, 11) is 0. The van der Waals surface area contributed by atoms with Crippen LogP contribution in [0, 0.1) is 13.8 Å². The number of hydrogen-bond donors (Lipinski definition) is 0. The van der Waals surface area contributed by atoms with Crippen LogP contribution in [0.1, 0.15) is 254 Å². The van der Waals surface area contributed by atoms with E-state index in [2.05, 4.69) is 314 Å². The van der Waals surface area contributed by atoms with Crippen LogP contribution in [0.4, 0.5) is 0 Å². The molecule has 17 aromatic carbocycles. The summed E-state index contributed by atoms with van der Waals surface area (Å²) in [6.07, 6.45) is 0. The van der Waals surface area contributed by atoms with Crippen molar-refractivity contribution in [2.45, 2.75) is 217 Å². The van der Waals surface area contributed by atoms with E-state index in [9.17, 15) is 0 Å². The SMILES string of the molecule is CC(C)(C)c1c(-c2ccccc2)cccc1-c1ccccc1.CC(C)(C)c1cc(-c2ccccc2)cc(-c2ccccc2)c1.CC(C)(C)c1ccccc1-c1ccccc1.[2H]C(C)(C)c1ccccc1C(C)(C)C.[2H]c1c([2H])c([2H])c(-c2cc(-c3c([2H])c([2H])c(C)c([2H])c3[2H])cc(C(C)(C)C)c2)c([2H])c1[2H].[2H]c1c([2H])c([2H])c(-c2cccc(-c3c([2H])c([2H])c([2H])c(C)c3[2H])c2C(C)(C)C)c([2H])c1[2H].[2H]c1c([2H])c([2H])c(-c2ccccc2C(C)(C)C)c([2H])c1[2H]. The smallest absolute Gasteiger partial charge is 0.0622 e. The lowest BCUT2D eigenvalue weighted by Crippen LogP contribution is -2.14. The highest BCUT2D eigenvalue weighted by molar-refractivity contribution is 5.83. The molecule has 0 atom stereocenters. The maximum absolute atomic E-state index is 8.59. The van der Waals surface area contributed by atoms with Gasteiger partial charge in [-0.3, -0.25) is 0 Å². The summed E-state index contributed by atoms with van der Waals surface area (Å²) in [5.74, 6) is -0.510. The topological polar surface area (TPSA) is 0 Å². The van der Waals surface area contributed by atoms with Crippen molar-refractivity contribution in [1.82, 2.24) is 0 Å². The molecule has 0 saturated heterocycles. The molecule has 0 aliphatic carbocycles. The van der Waals surface area contributed by atoms with Crippen molar-refractivity contribution in [3.8, 4) is 111 Å². The quantitative estimate of drug-likeness (QED) is 0.121. The highest BCUT2D eigenvalue weighted by atomic mass is 14.3. The van der Waals surface area contributed by atoms with Crippen LogP contribution in [0.3, 0.4) is 0 Å². The molecule has 0 aliphatic rings. The van der Waals surface area contributed by atoms with E-state index in [-0.39, 0.29) is 174 Å². The zero-order chi connectivity index (χ0) is 118. The highest BCUT2D eigenvalue weighted by Gasteiger charge is 2.27. The molecule has 0 spiro atoms. The summed E-state index contributed by atoms with van der Waals surface area (Å²) in [6, 6.07) is 94.7. The summed E-state index contributed by atoms with van der Waals surface area (Å²) in [5.41, 5.74) is 24.8. The third-order valence-electron chi connectivity index (χ3n) is 22.8. The van der Waals surface area contributed by atoms with Gasteiger partial charge in [-0.2, -0.15) is 0 Å². The number of rotatable bonds is 11. The molecule has 17 rings (SSSR count). The zero-order valence-corrected chi connectivity index (χ0v) is 83.8. The van der Waals surface area contributed by atoms with Crippen LogP contribution in [0.15, 0.2) is 436 Å². The summed E-state index contributed by atoms with van der Waals surface area (Å²) in [5, 5.41) is 0. The van der Waals surface area contributed by atoms with Crippen molar-refractivity contribution in [3.63, 3.8) is 0 Å². The highest BCUT2D eigenvalue weighted by Crippen LogP contribution is 2.45. The van der Waals surface area contributed by atoms with Crippen LogP contribution in [0.5, 0.6) is 0 Å². The molecular weight excluding hydrogens is 1620 g/mol. The average Bonchev–Trinajstić information content (AvgIpc) is 0.733. The van der Waals surface area contributed by atoms with Crippen LogP contribution in [-0.2, 0) is 37.9 Å². The molecule has 0 aromatic heterocycles. The molecule has 0 nitrogen and oxygen atoms in total. The van der Waals surface area contributed by atoms with Crippen molar-refractivity contribution in [2.75, 3.05) is 0 Å². The lowest BCUT2D eigenvalue weighted by atomic mass is 9.77. The second kappa shape index (κ2) is 46.1. The fraction of sp³-hybridized carbons (Fsp3) is 0.244. The van der Waals surface area contributed by atoms with Crippen molar-refractivity contribution >= 4 is 0 Å². The first-order valence-electron chi connectivity index (χ1n) is 58.5. The van der Waals surface area contributed by atoms with Crippen molar-refractivity contribution in [3.05, 3.63) is 492 Å². The Labute approximate surface area is 848 Å². The summed E-state index contributed by atoms with van der Waals surface area (Å²) in [4.78, 5) is 0. The summed E-state index contributed by atoms with van der Waals surface area (Å²) in [6.45, 7) is 51.8. The van der Waals surface area contributed by atoms with Gasteiger partial charge in [-0.15, -0.1) is 0 Å². The summed E-state index contributed by atoms with van der Waals surface area (Å²) < 4.78 is 196. The molecule has 0 aliphatic heterocycles. The normalized spacial score (nSPS) is 14.1. The van der Waals surface area contributed by atoms with Gasteiger partial charge in [0.2, 0.25) is 0 Å². The predicted octanol–water partition coefficient (Wildman–Crippen LogP) is 39.3. The Balaban J connectivity index is 0.000000178. The fourth-order valence-corrected chi connectivity index (χ4v) is 16.0. The molecule has 0 radical (unpaired) electrons. The van der Waals surface area contributed by atoms with Crippen LogP contribution in [0.25, 0.3) is 111 Å². The van der Waals surface area contributed by atoms with E-state index in [1.807, 2.05) is 106 Å². The molecule has 0 saturated carbocycles. The molecule has 0 heterocycles. The van der Waals surface area contributed by atoms with E-state index in [1.54, 1.807) is 43.3 Å². The Morgan fingerprint density at radius 1 is 0.193 bits per heavy atom. The minimum atomic E-state index is -0.594. The third-order valence-corrected chi connectivity index (χ3v) is 22.8. The van der Waals surface area contributed by atoms with Gasteiger partial charge in [0.15, 0.2) is 0 Å². The number of benzene rings is 17. The van der Waals surface area contributed by atoms with Crippen molar-refractivity contribution in [1.29, 1.82) is 0 Å². The van der Waals surface area contributed by atoms with Gasteiger partial charge in [0, 0.05) is 1.37 Å². The maximum atomic E-state index is 8.59. The predicted molar refractivity (Wildman–Crippen MR) is 594 cm³/mol. The Bertz CT molecular complexity index is 7610. The van der Waals surface area contributed by atoms with Crippen LogP contribution >= 0.6 is 0 Å². The lowest BCUT2D eigenvalue weighted by molar-refractivity contribution is 0.577. The van der Waals surface area contributed by atoms with E-state index in [1.165, 1.54) is 84.8 Å². The van der Waals surface area contributed by atoms with Crippen molar-refractivity contribution in [2.24, 2.45) is 0 Å². The standard InChI is InChI=1S/2C23H24.2C22H22.2C16H18.C13H20/c1-17-10-8-13-19(16-17)21-15-9-14-20(22(21)23(2,3)4)18-11-6-5-7-12-18;1-17-10-12-19(13-11-17)21-14-20(18-8-6-5-7-9-18)15-22(16-21)23(2,3)4;1-22(2,3)21-19(17-11-6-4-7-12-17)15-10-16-20(21)18-13-8-5-9-14-18;1-22(2,3)21-15-19(17-10-6-4-7-11-17)14-20(16-21)18-12-8-5-9-13-18;2*1-16(2,3)15-12-8-7-11-14(15)13-9-5-4-6-10-13;1-10(2)11-8-6-7-9-12(11)13(3,4)5/h2*5-16H,1-4H3;2*4-16H,1-3H3;2*4-12H,1-3H3;6-10H,1-5H3/i5D,6D,7D,8D,10D,11D,12D,13D,16D;5D,6D,7D,8D,9D,10D,11D,12D,13D;;;4D,5D,6D,9D,10D;;10D. The molecule has 17 aromatic rings.